The summed E-state index contributed by atoms with van der Waals surface area (Å²) in [5.74, 6) is 0. The zero-order valence-electron chi connectivity index (χ0n) is 8.09. The van der Waals surface area contributed by atoms with Crippen molar-refractivity contribution in [3.63, 3.8) is 0 Å². The first-order chi connectivity index (χ1) is 7.03. The van der Waals surface area contributed by atoms with Gasteiger partial charge in [0.05, 0.1) is 11.9 Å². The van der Waals surface area contributed by atoms with E-state index >= 15 is 0 Å². The Balaban J connectivity index is 1.91. The second kappa shape index (κ2) is 3.75. The molecule has 0 aromatic carbocycles. The number of alkyl halides is 3. The van der Waals surface area contributed by atoms with E-state index in [1.807, 2.05) is 0 Å². The molecule has 1 saturated carbocycles. The first-order valence-corrected chi connectivity index (χ1v) is 4.89. The van der Waals surface area contributed by atoms with Crippen LogP contribution in [0.25, 0.3) is 0 Å². The van der Waals surface area contributed by atoms with Crippen LogP contribution in [-0.4, -0.2) is 22.0 Å². The molecule has 0 radical (unpaired) electrons. The van der Waals surface area contributed by atoms with Crippen molar-refractivity contribution in [3.8, 4) is 0 Å². The number of aromatic nitrogens is 2. The minimum Gasteiger partial charge on any atom is -0.380 e. The Kier molecular flexibility index (Phi) is 2.58. The lowest BCUT2D eigenvalue weighted by molar-refractivity contribution is -0.142. The van der Waals surface area contributed by atoms with Gasteiger partial charge in [-0.1, -0.05) is 0 Å². The van der Waals surface area contributed by atoms with Gasteiger partial charge in [-0.25, -0.2) is 0 Å². The number of anilines is 1. The molecule has 2 rings (SSSR count). The lowest BCUT2D eigenvalue weighted by atomic mass is 9.93. The molecule has 0 atom stereocenters. The van der Waals surface area contributed by atoms with Gasteiger partial charge in [0.25, 0.3) is 0 Å². The maximum Gasteiger partial charge on any atom is 0.408 e. The van der Waals surface area contributed by atoms with Crippen molar-refractivity contribution >= 4 is 5.69 Å². The Hall–Kier alpha value is -1.20. The van der Waals surface area contributed by atoms with Crippen LogP contribution in [-0.2, 0) is 6.54 Å². The third-order valence-corrected chi connectivity index (χ3v) is 2.45. The lowest BCUT2D eigenvalue weighted by Gasteiger charge is -2.26. The standard InChI is InChI=1S/C9H12F3N3/c10-9(11,12)6-15-5-8(4-13-15)14-7-2-1-3-7/h4-5,7,14H,1-3,6H2. The van der Waals surface area contributed by atoms with Crippen molar-refractivity contribution in [1.82, 2.24) is 9.78 Å². The predicted octanol–water partition coefficient (Wildman–Crippen LogP) is 2.41. The molecule has 0 bridgehead atoms. The zero-order chi connectivity index (χ0) is 10.9. The summed E-state index contributed by atoms with van der Waals surface area (Å²) >= 11 is 0. The number of halogens is 3. The number of hydrogen-bond acceptors (Lipinski definition) is 2. The first-order valence-electron chi connectivity index (χ1n) is 4.89. The Morgan fingerprint density at radius 3 is 2.73 bits per heavy atom. The minimum absolute atomic E-state index is 0.411. The predicted molar refractivity (Wildman–Crippen MR) is 49.5 cm³/mol. The van der Waals surface area contributed by atoms with Crippen LogP contribution in [0.5, 0.6) is 0 Å². The summed E-state index contributed by atoms with van der Waals surface area (Å²) in [4.78, 5) is 0. The summed E-state index contributed by atoms with van der Waals surface area (Å²) < 4.78 is 36.9. The fourth-order valence-electron chi connectivity index (χ4n) is 1.50. The van der Waals surface area contributed by atoms with E-state index in [4.69, 9.17) is 0 Å². The normalized spacial score (nSPS) is 17.5. The monoisotopic (exact) mass is 219 g/mol. The molecule has 6 heteroatoms. The number of hydrogen-bond donors (Lipinski definition) is 1. The van der Waals surface area contributed by atoms with Crippen molar-refractivity contribution < 1.29 is 13.2 Å². The second-order valence-corrected chi connectivity index (χ2v) is 3.81. The van der Waals surface area contributed by atoms with E-state index < -0.39 is 12.7 Å². The van der Waals surface area contributed by atoms with E-state index in [0.29, 0.717) is 11.7 Å². The van der Waals surface area contributed by atoms with Crippen molar-refractivity contribution in [1.29, 1.82) is 0 Å². The summed E-state index contributed by atoms with van der Waals surface area (Å²) in [6.07, 6.45) is 1.99. The quantitative estimate of drug-likeness (QED) is 0.846. The SMILES string of the molecule is FC(F)(F)Cn1cc(NC2CCC2)cn1. The average molecular weight is 219 g/mol. The van der Waals surface area contributed by atoms with Crippen molar-refractivity contribution in [2.75, 3.05) is 5.32 Å². The summed E-state index contributed by atoms with van der Waals surface area (Å²) in [6.45, 7) is -1.03. The average Bonchev–Trinajstić information content (AvgIpc) is 2.42. The summed E-state index contributed by atoms with van der Waals surface area (Å²) in [5.41, 5.74) is 0.670. The van der Waals surface area contributed by atoms with Crippen LogP contribution in [0.3, 0.4) is 0 Å². The highest BCUT2D eigenvalue weighted by Crippen LogP contribution is 2.23. The van der Waals surface area contributed by atoms with E-state index in [9.17, 15) is 13.2 Å². The van der Waals surface area contributed by atoms with Gasteiger partial charge >= 0.3 is 6.18 Å². The number of nitrogens with one attached hydrogen (secondary N) is 1. The lowest BCUT2D eigenvalue weighted by Crippen LogP contribution is -2.26. The number of nitrogens with zero attached hydrogens (tertiary/aromatic N) is 2. The molecule has 1 fully saturated rings. The van der Waals surface area contributed by atoms with Crippen molar-refractivity contribution in [3.05, 3.63) is 12.4 Å². The molecule has 0 amide bonds. The molecule has 1 aliphatic carbocycles. The van der Waals surface area contributed by atoms with Gasteiger partial charge in [0.15, 0.2) is 0 Å². The van der Waals surface area contributed by atoms with Crippen LogP contribution >= 0.6 is 0 Å². The molecule has 1 aromatic rings. The third kappa shape index (κ3) is 2.87. The van der Waals surface area contributed by atoms with Gasteiger partial charge in [0, 0.05) is 12.2 Å². The molecule has 15 heavy (non-hydrogen) atoms. The van der Waals surface area contributed by atoms with E-state index in [1.54, 1.807) is 0 Å². The number of rotatable bonds is 3. The molecule has 1 aromatic heterocycles. The molecule has 0 unspecified atom stereocenters. The smallest absolute Gasteiger partial charge is 0.380 e. The van der Waals surface area contributed by atoms with Crippen molar-refractivity contribution in [2.45, 2.75) is 38.0 Å². The van der Waals surface area contributed by atoms with E-state index in [2.05, 4.69) is 10.4 Å². The molecule has 84 valence electrons. The minimum atomic E-state index is -4.21. The van der Waals surface area contributed by atoms with Gasteiger partial charge < -0.3 is 5.32 Å². The molecule has 0 saturated heterocycles. The Bertz CT molecular complexity index is 328. The largest absolute Gasteiger partial charge is 0.408 e. The molecular weight excluding hydrogens is 207 g/mol. The molecule has 1 aliphatic rings. The summed E-state index contributed by atoms with van der Waals surface area (Å²) in [7, 11) is 0. The first kappa shape index (κ1) is 10.3. The Morgan fingerprint density at radius 1 is 1.47 bits per heavy atom. The van der Waals surface area contributed by atoms with Crippen LogP contribution < -0.4 is 5.32 Å². The Labute approximate surface area is 85.3 Å². The fourth-order valence-corrected chi connectivity index (χ4v) is 1.50. The van der Waals surface area contributed by atoms with Crippen LogP contribution in [0.4, 0.5) is 18.9 Å². The molecule has 0 aliphatic heterocycles. The zero-order valence-corrected chi connectivity index (χ0v) is 8.09. The van der Waals surface area contributed by atoms with Crippen molar-refractivity contribution in [2.24, 2.45) is 0 Å². The van der Waals surface area contributed by atoms with Crippen LogP contribution in [0.2, 0.25) is 0 Å². The maximum absolute atomic E-state index is 12.0. The fraction of sp³-hybridized carbons (Fsp3) is 0.667. The summed E-state index contributed by atoms with van der Waals surface area (Å²) in [6, 6.07) is 0.411. The molecule has 0 spiro atoms. The third-order valence-electron chi connectivity index (χ3n) is 2.45. The van der Waals surface area contributed by atoms with E-state index in [1.165, 1.54) is 18.8 Å². The van der Waals surface area contributed by atoms with E-state index in [0.717, 1.165) is 17.5 Å². The van der Waals surface area contributed by atoms with Gasteiger partial charge in [-0.3, -0.25) is 4.68 Å². The maximum atomic E-state index is 12.0. The van der Waals surface area contributed by atoms with Crippen LogP contribution in [0.15, 0.2) is 12.4 Å². The van der Waals surface area contributed by atoms with Gasteiger partial charge in [-0.15, -0.1) is 0 Å². The van der Waals surface area contributed by atoms with Gasteiger partial charge in [0.2, 0.25) is 0 Å². The van der Waals surface area contributed by atoms with Gasteiger partial charge in [-0.2, -0.15) is 18.3 Å². The van der Waals surface area contributed by atoms with Gasteiger partial charge in [-0.05, 0) is 19.3 Å². The topological polar surface area (TPSA) is 29.9 Å². The van der Waals surface area contributed by atoms with Gasteiger partial charge in [0.1, 0.15) is 6.54 Å². The second-order valence-electron chi connectivity index (χ2n) is 3.81. The molecule has 1 N–H and O–H groups in total. The van der Waals surface area contributed by atoms with E-state index in [-0.39, 0.29) is 0 Å². The summed E-state index contributed by atoms with van der Waals surface area (Å²) in [5, 5.41) is 6.78. The van der Waals surface area contributed by atoms with Crippen LogP contribution in [0.1, 0.15) is 19.3 Å². The highest BCUT2D eigenvalue weighted by atomic mass is 19.4. The molecule has 1 heterocycles. The Morgan fingerprint density at radius 2 is 2.20 bits per heavy atom. The van der Waals surface area contributed by atoms with Crippen LogP contribution in [0, 0.1) is 0 Å². The highest BCUT2D eigenvalue weighted by molar-refractivity contribution is 5.39. The molecular formula is C9H12F3N3. The highest BCUT2D eigenvalue weighted by Gasteiger charge is 2.28. The molecule has 3 nitrogen and oxygen atoms in total.